The van der Waals surface area contributed by atoms with Crippen LogP contribution in [-0.4, -0.2) is 50.7 Å². The van der Waals surface area contributed by atoms with E-state index in [4.69, 9.17) is 13.8 Å². The predicted molar refractivity (Wildman–Crippen MR) is 188 cm³/mol. The number of rotatable bonds is 4. The van der Waals surface area contributed by atoms with Gasteiger partial charge in [-0.05, 0) is 79.8 Å². The molecule has 0 spiro atoms. The van der Waals surface area contributed by atoms with Gasteiger partial charge in [0.1, 0.15) is 11.6 Å². The van der Waals surface area contributed by atoms with Gasteiger partial charge >= 0.3 is 5.97 Å². The van der Waals surface area contributed by atoms with Gasteiger partial charge in [-0.25, -0.2) is 26.9 Å². The van der Waals surface area contributed by atoms with E-state index in [1.165, 1.54) is 29.9 Å². The summed E-state index contributed by atoms with van der Waals surface area (Å²) in [4.78, 5) is 19.4. The maximum atomic E-state index is 15.7. The number of nitrogens with one attached hydrogen (secondary N) is 1. The van der Waals surface area contributed by atoms with E-state index in [-0.39, 0.29) is 72.3 Å². The van der Waals surface area contributed by atoms with Crippen molar-refractivity contribution in [3.8, 4) is 22.9 Å². The first-order valence-electron chi connectivity index (χ1n) is 18.0. The average Bonchev–Trinajstić information content (AvgIpc) is 3.70. The number of carboxylic acid groups (broad SMARTS) is 1. The largest absolute Gasteiger partial charge is 0.481 e. The Kier molecular flexibility index (Phi) is 8.34. The predicted octanol–water partition coefficient (Wildman–Crippen LogP) is 7.77. The average molecular weight is 708 g/mol. The lowest BCUT2D eigenvalue weighted by atomic mass is 9.72. The Bertz CT molecular complexity index is 2300. The number of hydrogen-bond donors (Lipinski definition) is 2. The number of H-pyrrole nitrogens is 1. The van der Waals surface area contributed by atoms with Gasteiger partial charge in [-0.3, -0.25) is 4.79 Å². The van der Waals surface area contributed by atoms with Crippen LogP contribution in [0.15, 0.2) is 60.8 Å². The highest BCUT2D eigenvalue weighted by molar-refractivity contribution is 7.91. The van der Waals surface area contributed by atoms with Crippen LogP contribution in [0, 0.1) is 23.0 Å². The van der Waals surface area contributed by atoms with E-state index in [1.54, 1.807) is 43.5 Å². The molecule has 0 amide bonds. The highest BCUT2D eigenvalue weighted by atomic mass is 32.2. The molecule has 50 heavy (non-hydrogen) atoms. The molecule has 3 aromatic carbocycles. The van der Waals surface area contributed by atoms with Gasteiger partial charge < -0.3 is 14.8 Å². The monoisotopic (exact) mass is 707 g/mol. The zero-order chi connectivity index (χ0) is 38.5. The number of aromatic nitrogens is 4. The minimum absolute atomic E-state index is 0.000445. The number of ether oxygens (including phenoxy) is 1. The van der Waals surface area contributed by atoms with Crippen LogP contribution < -0.4 is 4.74 Å². The van der Waals surface area contributed by atoms with Crippen LogP contribution in [0.2, 0.25) is 0 Å². The molecule has 1 aliphatic rings. The van der Waals surface area contributed by atoms with Crippen molar-refractivity contribution in [2.45, 2.75) is 65.1 Å². The molecule has 264 valence electrons. The standard InChI is InChI=1S/C38H42F2N4O5S/c1-23(35(45)46)19-24-7-6-8-25(20-24)38(4)14-13-37(2,3)15-18-50(47,48)17-12-28-27-11-16-41-32(27)22-31(40)33(28)49-26-9-10-30(39)29(21-26)34-42-36(38)43-44(34)5/h6-11,16,20-23,41H,12-15,17-19H2,1-5H3,(H,45,46)/i4D3. The van der Waals surface area contributed by atoms with Gasteiger partial charge in [0.2, 0.25) is 0 Å². The van der Waals surface area contributed by atoms with Crippen molar-refractivity contribution < 1.29 is 35.9 Å². The number of aliphatic carboxylic acids is 1. The fraction of sp³-hybridized carbons (Fsp3) is 0.395. The van der Waals surface area contributed by atoms with Crippen LogP contribution in [0.1, 0.15) is 73.5 Å². The number of aryl methyl sites for hydroxylation is 2. The van der Waals surface area contributed by atoms with E-state index in [1.807, 2.05) is 13.8 Å². The first-order valence-corrected chi connectivity index (χ1v) is 18.3. The summed E-state index contributed by atoms with van der Waals surface area (Å²) in [5.41, 5.74) is -0.909. The molecule has 0 saturated carbocycles. The van der Waals surface area contributed by atoms with Crippen molar-refractivity contribution >= 4 is 26.7 Å². The van der Waals surface area contributed by atoms with Crippen LogP contribution in [0.5, 0.6) is 11.5 Å². The Labute approximate surface area is 294 Å². The summed E-state index contributed by atoms with van der Waals surface area (Å²) in [6, 6.07) is 13.4. The van der Waals surface area contributed by atoms with Crippen LogP contribution in [-0.2, 0) is 39.9 Å². The van der Waals surface area contributed by atoms with Crippen LogP contribution in [0.4, 0.5) is 8.78 Å². The molecule has 2 unspecified atom stereocenters. The smallest absolute Gasteiger partial charge is 0.306 e. The minimum atomic E-state index is -3.70. The van der Waals surface area contributed by atoms with Gasteiger partial charge in [0.05, 0.1) is 28.4 Å². The molecule has 9 nitrogen and oxygen atoms in total. The van der Waals surface area contributed by atoms with E-state index < -0.39 is 51.0 Å². The topological polar surface area (TPSA) is 127 Å². The van der Waals surface area contributed by atoms with Gasteiger partial charge in [0.25, 0.3) is 0 Å². The van der Waals surface area contributed by atoms with Crippen molar-refractivity contribution in [1.29, 1.82) is 0 Å². The SMILES string of the molecule is [2H]C([2H])([2H])C1(c2cccc(CC(C)C(=O)O)c2)CCC(C)(C)CCS(=O)(=O)CCc2c(c(F)cc3[nH]ccc23)Oc2ccc(F)c(c2)-c2nc1nn2C. The molecular weight excluding hydrogens is 663 g/mol. The number of sulfone groups is 1. The number of benzene rings is 3. The summed E-state index contributed by atoms with van der Waals surface area (Å²) in [6.07, 6.45) is 2.11. The fourth-order valence-corrected chi connectivity index (χ4v) is 8.05. The summed E-state index contributed by atoms with van der Waals surface area (Å²) < 4.78 is 93.0. The van der Waals surface area contributed by atoms with E-state index in [2.05, 4.69) is 10.1 Å². The molecule has 0 radical (unpaired) electrons. The van der Waals surface area contributed by atoms with E-state index in [0.717, 1.165) is 6.07 Å². The lowest BCUT2D eigenvalue weighted by Gasteiger charge is -2.33. The number of carboxylic acids is 1. The Morgan fingerprint density at radius 1 is 1.10 bits per heavy atom. The number of nitrogens with zero attached hydrogens (tertiary/aromatic N) is 3. The Morgan fingerprint density at radius 3 is 2.66 bits per heavy atom. The third kappa shape index (κ3) is 7.17. The number of aromatic amines is 1. The molecule has 2 atom stereocenters. The van der Waals surface area contributed by atoms with Gasteiger partial charge in [0, 0.05) is 39.9 Å². The lowest BCUT2D eigenvalue weighted by molar-refractivity contribution is -0.141. The molecule has 2 N–H and O–H groups in total. The summed E-state index contributed by atoms with van der Waals surface area (Å²) in [7, 11) is -2.18. The summed E-state index contributed by atoms with van der Waals surface area (Å²) in [5, 5.41) is 14.8. The van der Waals surface area contributed by atoms with Gasteiger partial charge in [0.15, 0.2) is 33.1 Å². The molecule has 4 bridgehead atoms. The van der Waals surface area contributed by atoms with E-state index >= 15 is 8.78 Å². The number of hydrogen-bond acceptors (Lipinski definition) is 6. The maximum absolute atomic E-state index is 15.7. The third-order valence-electron chi connectivity index (χ3n) is 9.72. The van der Waals surface area contributed by atoms with Crippen molar-refractivity contribution in [2.24, 2.45) is 18.4 Å². The molecule has 0 fully saturated rings. The third-order valence-corrected chi connectivity index (χ3v) is 11.4. The van der Waals surface area contributed by atoms with Crippen molar-refractivity contribution in [1.82, 2.24) is 19.7 Å². The fourth-order valence-electron chi connectivity index (χ4n) is 6.47. The number of fused-ring (bicyclic) bond motifs is 8. The van der Waals surface area contributed by atoms with Crippen molar-refractivity contribution in [3.63, 3.8) is 0 Å². The van der Waals surface area contributed by atoms with Crippen LogP contribution in [0.3, 0.4) is 0 Å². The molecule has 3 heterocycles. The van der Waals surface area contributed by atoms with Crippen LogP contribution >= 0.6 is 0 Å². The first kappa shape index (κ1) is 31.4. The van der Waals surface area contributed by atoms with Crippen LogP contribution in [0.25, 0.3) is 22.3 Å². The lowest BCUT2D eigenvalue weighted by Crippen LogP contribution is -2.29. The molecule has 0 saturated heterocycles. The molecule has 1 aliphatic heterocycles. The van der Waals surface area contributed by atoms with E-state index in [9.17, 15) is 18.3 Å². The quantitative estimate of drug-likeness (QED) is 0.195. The normalized spacial score (nSPS) is 21.0. The zero-order valence-electron chi connectivity index (χ0n) is 31.4. The van der Waals surface area contributed by atoms with Gasteiger partial charge in [-0.15, -0.1) is 0 Å². The summed E-state index contributed by atoms with van der Waals surface area (Å²) >= 11 is 0. The second-order valence-electron chi connectivity index (χ2n) is 14.1. The molecule has 0 aliphatic carbocycles. The number of carbonyl (C=O) groups is 1. The Hall–Kier alpha value is -4.58. The summed E-state index contributed by atoms with van der Waals surface area (Å²) in [5.74, 6) is -3.95. The highest BCUT2D eigenvalue weighted by Gasteiger charge is 2.37. The zero-order valence-corrected chi connectivity index (χ0v) is 29.2. The van der Waals surface area contributed by atoms with Crippen molar-refractivity contribution in [3.05, 3.63) is 94.9 Å². The highest BCUT2D eigenvalue weighted by Crippen LogP contribution is 2.42. The molecular formula is C38H42F2N4O5S. The van der Waals surface area contributed by atoms with E-state index in [0.29, 0.717) is 27.6 Å². The molecule has 5 aromatic rings. The minimum Gasteiger partial charge on any atom is -0.481 e. The molecule has 12 heteroatoms. The van der Waals surface area contributed by atoms with Gasteiger partial charge in [-0.1, -0.05) is 45.0 Å². The first-order chi connectivity index (χ1) is 24.8. The second kappa shape index (κ2) is 13.3. The maximum Gasteiger partial charge on any atom is 0.306 e. The van der Waals surface area contributed by atoms with Crippen molar-refractivity contribution in [2.75, 3.05) is 11.5 Å². The summed E-state index contributed by atoms with van der Waals surface area (Å²) in [6.45, 7) is 2.53. The Balaban J connectivity index is 1.57. The molecule has 2 aromatic heterocycles. The Morgan fingerprint density at radius 2 is 1.90 bits per heavy atom. The second-order valence-corrected chi connectivity index (χ2v) is 16.4. The van der Waals surface area contributed by atoms with Gasteiger partial charge in [-0.2, -0.15) is 5.10 Å². The molecule has 6 rings (SSSR count). The number of halogens is 2.